The Hall–Kier alpha value is -1.76. The highest BCUT2D eigenvalue weighted by Gasteiger charge is 2.30. The van der Waals surface area contributed by atoms with Crippen molar-refractivity contribution in [2.75, 3.05) is 19.4 Å². The summed E-state index contributed by atoms with van der Waals surface area (Å²) in [5.41, 5.74) is 6.95. The molecule has 0 radical (unpaired) electrons. The van der Waals surface area contributed by atoms with E-state index in [-0.39, 0.29) is 18.5 Å². The Balaban J connectivity index is 2.07. The molecule has 122 valence electrons. The predicted molar refractivity (Wildman–Crippen MR) is 87.8 cm³/mol. The first-order valence-electron chi connectivity index (χ1n) is 7.18. The summed E-state index contributed by atoms with van der Waals surface area (Å²) < 4.78 is 28.0. The number of nitrogens with zero attached hydrogens (tertiary/aromatic N) is 1. The molecule has 0 amide bonds. The number of ether oxygens (including phenoxy) is 1. The number of nitrogens with two attached hydrogens (primary N) is 1. The molecule has 0 aromatic heterocycles. The lowest BCUT2D eigenvalue weighted by Gasteiger charge is -2.27. The average Bonchev–Trinajstić information content (AvgIpc) is 2.44. The molecule has 2 rings (SSSR count). The van der Waals surface area contributed by atoms with E-state index in [0.717, 1.165) is 17.7 Å². The zero-order valence-corrected chi connectivity index (χ0v) is 14.0. The van der Waals surface area contributed by atoms with Gasteiger partial charge in [-0.3, -0.25) is 4.99 Å². The summed E-state index contributed by atoms with van der Waals surface area (Å²) >= 11 is 0. The van der Waals surface area contributed by atoms with Gasteiger partial charge in [-0.15, -0.1) is 0 Å². The lowest BCUT2D eigenvalue weighted by Crippen LogP contribution is -2.40. The van der Waals surface area contributed by atoms with Crippen molar-refractivity contribution in [3.63, 3.8) is 0 Å². The molecular weight excluding hydrogens is 302 g/mol. The molecule has 0 saturated heterocycles. The van der Waals surface area contributed by atoms with Gasteiger partial charge in [0.25, 0.3) is 0 Å². The summed E-state index contributed by atoms with van der Waals surface area (Å²) in [6.45, 7) is 4.01. The first-order chi connectivity index (χ1) is 10.2. The third kappa shape index (κ3) is 3.71. The molecule has 0 saturated carbocycles. The first-order valence-corrected chi connectivity index (χ1v) is 9.07. The summed E-state index contributed by atoms with van der Waals surface area (Å²) in [6, 6.07) is 7.80. The van der Waals surface area contributed by atoms with E-state index in [2.05, 4.69) is 10.3 Å². The van der Waals surface area contributed by atoms with E-state index in [0.29, 0.717) is 6.61 Å². The molecule has 3 N–H and O–H groups in total. The van der Waals surface area contributed by atoms with Crippen LogP contribution in [0.25, 0.3) is 0 Å². The molecule has 0 bridgehead atoms. The van der Waals surface area contributed by atoms with E-state index in [1.165, 1.54) is 6.26 Å². The van der Waals surface area contributed by atoms with Crippen molar-refractivity contribution in [1.29, 1.82) is 0 Å². The van der Waals surface area contributed by atoms with E-state index in [1.54, 1.807) is 13.8 Å². The Morgan fingerprint density at radius 1 is 1.45 bits per heavy atom. The standard InChI is InChI=1S/C15H23N3O3S/c1-15(2,22(3,19)20)10-17-14(16)18-12-8-9-21-13-7-5-4-6-11(12)13/h4-7,12H,8-10H2,1-3H3,(H3,16,17,18). The molecule has 1 aromatic carbocycles. The fourth-order valence-electron chi connectivity index (χ4n) is 2.11. The smallest absolute Gasteiger partial charge is 0.189 e. The molecule has 1 aliphatic rings. The van der Waals surface area contributed by atoms with Crippen molar-refractivity contribution < 1.29 is 13.2 Å². The lowest BCUT2D eigenvalue weighted by molar-refractivity contribution is 0.262. The third-order valence-electron chi connectivity index (χ3n) is 3.91. The summed E-state index contributed by atoms with van der Waals surface area (Å²) in [5.74, 6) is 1.09. The van der Waals surface area contributed by atoms with Crippen LogP contribution in [0.3, 0.4) is 0 Å². The molecule has 7 heteroatoms. The van der Waals surface area contributed by atoms with Crippen LogP contribution in [0.1, 0.15) is 31.9 Å². The zero-order chi connectivity index (χ0) is 16.4. The van der Waals surface area contributed by atoms with Gasteiger partial charge in [0.15, 0.2) is 15.8 Å². The van der Waals surface area contributed by atoms with Gasteiger partial charge in [0.2, 0.25) is 0 Å². The molecule has 22 heavy (non-hydrogen) atoms. The maximum absolute atomic E-state index is 11.7. The lowest BCUT2D eigenvalue weighted by atomic mass is 10.0. The van der Waals surface area contributed by atoms with E-state index < -0.39 is 14.6 Å². The van der Waals surface area contributed by atoms with Crippen molar-refractivity contribution >= 4 is 15.8 Å². The van der Waals surface area contributed by atoms with Crippen LogP contribution in [0.4, 0.5) is 0 Å². The number of sulfone groups is 1. The van der Waals surface area contributed by atoms with Crippen LogP contribution in [0.5, 0.6) is 5.75 Å². The molecule has 1 atom stereocenters. The second-order valence-corrected chi connectivity index (χ2v) is 8.75. The highest BCUT2D eigenvalue weighted by atomic mass is 32.2. The molecule has 0 fully saturated rings. The van der Waals surface area contributed by atoms with Gasteiger partial charge in [-0.05, 0) is 19.9 Å². The Kier molecular flexibility index (Phi) is 4.65. The van der Waals surface area contributed by atoms with Crippen LogP contribution in [-0.2, 0) is 9.84 Å². The van der Waals surface area contributed by atoms with Crippen LogP contribution in [0.15, 0.2) is 29.3 Å². The van der Waals surface area contributed by atoms with Gasteiger partial charge in [0.05, 0.1) is 23.9 Å². The molecule has 6 nitrogen and oxygen atoms in total. The number of aliphatic imine (C=N–C) groups is 1. The van der Waals surface area contributed by atoms with Gasteiger partial charge in [-0.25, -0.2) is 8.42 Å². The van der Waals surface area contributed by atoms with E-state index in [4.69, 9.17) is 10.5 Å². The Morgan fingerprint density at radius 3 is 2.82 bits per heavy atom. The van der Waals surface area contributed by atoms with Crippen molar-refractivity contribution in [2.45, 2.75) is 31.1 Å². The molecule has 1 heterocycles. The molecule has 0 spiro atoms. The normalized spacial score (nSPS) is 19.2. The SMILES string of the molecule is CC(C)(CN=C(N)NC1CCOc2ccccc21)S(C)(=O)=O. The monoisotopic (exact) mass is 325 g/mol. The molecule has 1 aromatic rings. The number of nitrogens with one attached hydrogen (secondary N) is 1. The summed E-state index contributed by atoms with van der Waals surface area (Å²) in [4.78, 5) is 4.19. The van der Waals surface area contributed by atoms with Crippen LogP contribution in [0, 0.1) is 0 Å². The summed E-state index contributed by atoms with van der Waals surface area (Å²) in [6.07, 6.45) is 1.99. The zero-order valence-electron chi connectivity index (χ0n) is 13.2. The van der Waals surface area contributed by atoms with Crippen LogP contribution in [-0.4, -0.2) is 38.5 Å². The maximum atomic E-state index is 11.7. The summed E-state index contributed by atoms with van der Waals surface area (Å²) in [5, 5.41) is 3.15. The maximum Gasteiger partial charge on any atom is 0.189 e. The van der Waals surface area contributed by atoms with E-state index in [1.807, 2.05) is 24.3 Å². The van der Waals surface area contributed by atoms with Crippen LogP contribution >= 0.6 is 0 Å². The number of hydrogen-bond donors (Lipinski definition) is 2. The third-order valence-corrected chi connectivity index (χ3v) is 6.05. The molecule has 1 unspecified atom stereocenters. The Bertz CT molecular complexity index is 668. The number of benzene rings is 1. The Labute approximate surface area is 131 Å². The highest BCUT2D eigenvalue weighted by molar-refractivity contribution is 7.92. The van der Waals surface area contributed by atoms with Gasteiger partial charge >= 0.3 is 0 Å². The van der Waals surface area contributed by atoms with Gasteiger partial charge in [0.1, 0.15) is 5.75 Å². The minimum absolute atomic E-state index is 0.0232. The number of fused-ring (bicyclic) bond motifs is 1. The topological polar surface area (TPSA) is 93.8 Å². The van der Waals surface area contributed by atoms with Crippen LogP contribution in [0.2, 0.25) is 0 Å². The molecule has 0 aliphatic carbocycles. The minimum Gasteiger partial charge on any atom is -0.493 e. The number of hydrogen-bond acceptors (Lipinski definition) is 4. The fraction of sp³-hybridized carbons (Fsp3) is 0.533. The second-order valence-electron chi connectivity index (χ2n) is 6.11. The molecular formula is C15H23N3O3S. The number of rotatable bonds is 4. The van der Waals surface area contributed by atoms with Crippen molar-refractivity contribution in [3.8, 4) is 5.75 Å². The largest absolute Gasteiger partial charge is 0.493 e. The van der Waals surface area contributed by atoms with Gasteiger partial charge < -0.3 is 15.8 Å². The van der Waals surface area contributed by atoms with Gasteiger partial charge in [-0.2, -0.15) is 0 Å². The second kappa shape index (κ2) is 6.16. The van der Waals surface area contributed by atoms with Crippen molar-refractivity contribution in [2.24, 2.45) is 10.7 Å². The first kappa shape index (κ1) is 16.6. The Morgan fingerprint density at radius 2 is 2.14 bits per heavy atom. The molecule has 1 aliphatic heterocycles. The van der Waals surface area contributed by atoms with Crippen LogP contribution < -0.4 is 15.8 Å². The fourth-order valence-corrected chi connectivity index (χ4v) is 2.41. The average molecular weight is 325 g/mol. The minimum atomic E-state index is -3.19. The number of guanidine groups is 1. The van der Waals surface area contributed by atoms with E-state index in [9.17, 15) is 8.42 Å². The van der Waals surface area contributed by atoms with E-state index >= 15 is 0 Å². The number of para-hydroxylation sites is 1. The predicted octanol–water partition coefficient (Wildman–Crippen LogP) is 1.24. The van der Waals surface area contributed by atoms with Gasteiger partial charge in [-0.1, -0.05) is 18.2 Å². The summed E-state index contributed by atoms with van der Waals surface area (Å²) in [7, 11) is -3.19. The quantitative estimate of drug-likeness (QED) is 0.641. The highest BCUT2D eigenvalue weighted by Crippen LogP contribution is 2.31. The van der Waals surface area contributed by atoms with Crippen molar-refractivity contribution in [3.05, 3.63) is 29.8 Å². The van der Waals surface area contributed by atoms with Crippen molar-refractivity contribution in [1.82, 2.24) is 5.32 Å². The van der Waals surface area contributed by atoms with Gasteiger partial charge in [0, 0.05) is 18.2 Å².